The van der Waals surface area contributed by atoms with Crippen molar-refractivity contribution in [3.05, 3.63) is 35.0 Å². The summed E-state index contributed by atoms with van der Waals surface area (Å²) in [5.74, 6) is 0. The molecule has 0 radical (unpaired) electrons. The van der Waals surface area contributed by atoms with Gasteiger partial charge in [0.1, 0.15) is 0 Å². The lowest BCUT2D eigenvalue weighted by Gasteiger charge is -2.14. The number of nitrogens with zero attached hydrogens (tertiary/aromatic N) is 1. The highest BCUT2D eigenvalue weighted by Gasteiger charge is 2.12. The highest BCUT2D eigenvalue weighted by molar-refractivity contribution is 6.35. The molecule has 1 aromatic heterocycles. The Balaban J connectivity index is 2.58. The number of hydrogen-bond donors (Lipinski definition) is 1. The number of benzene rings is 1. The number of rotatable bonds is 4. The SMILES string of the molecule is CC(C)n1c(CCCN)cc2c(Cl)cccc21. The van der Waals surface area contributed by atoms with Gasteiger partial charge in [-0.25, -0.2) is 0 Å². The Labute approximate surface area is 107 Å². The number of nitrogens with two attached hydrogens (primary N) is 1. The molecule has 0 unspecified atom stereocenters. The topological polar surface area (TPSA) is 30.9 Å². The molecule has 0 aliphatic rings. The van der Waals surface area contributed by atoms with E-state index in [-0.39, 0.29) is 0 Å². The standard InChI is InChI=1S/C14H19ClN2/c1-10(2)17-11(5-4-8-16)9-12-13(15)6-3-7-14(12)17/h3,6-7,9-10H,4-5,8,16H2,1-2H3. The van der Waals surface area contributed by atoms with Crippen molar-refractivity contribution in [2.45, 2.75) is 32.7 Å². The van der Waals surface area contributed by atoms with E-state index in [1.165, 1.54) is 11.2 Å². The number of aromatic nitrogens is 1. The summed E-state index contributed by atoms with van der Waals surface area (Å²) in [6.45, 7) is 5.13. The van der Waals surface area contributed by atoms with Gasteiger partial charge in [0.25, 0.3) is 0 Å². The first-order valence-corrected chi connectivity index (χ1v) is 6.51. The Morgan fingerprint density at radius 2 is 2.12 bits per heavy atom. The Morgan fingerprint density at radius 3 is 2.76 bits per heavy atom. The molecule has 2 N–H and O–H groups in total. The average Bonchev–Trinajstić information content (AvgIpc) is 2.66. The van der Waals surface area contributed by atoms with E-state index in [2.05, 4.69) is 30.5 Å². The predicted molar refractivity (Wildman–Crippen MR) is 74.7 cm³/mol. The number of fused-ring (bicyclic) bond motifs is 1. The third kappa shape index (κ3) is 2.33. The van der Waals surface area contributed by atoms with Gasteiger partial charge < -0.3 is 10.3 Å². The van der Waals surface area contributed by atoms with Gasteiger partial charge in [-0.05, 0) is 51.4 Å². The van der Waals surface area contributed by atoms with Crippen LogP contribution in [0.3, 0.4) is 0 Å². The summed E-state index contributed by atoms with van der Waals surface area (Å²) in [6, 6.07) is 8.73. The van der Waals surface area contributed by atoms with Gasteiger partial charge in [-0.15, -0.1) is 0 Å². The highest BCUT2D eigenvalue weighted by Crippen LogP contribution is 2.30. The van der Waals surface area contributed by atoms with Crippen molar-refractivity contribution in [2.24, 2.45) is 5.73 Å². The molecule has 0 saturated carbocycles. The first-order chi connectivity index (χ1) is 8.15. The van der Waals surface area contributed by atoms with Crippen LogP contribution in [0.25, 0.3) is 10.9 Å². The molecule has 0 aliphatic heterocycles. The monoisotopic (exact) mass is 250 g/mol. The molecule has 3 heteroatoms. The van der Waals surface area contributed by atoms with Crippen LogP contribution in [-0.2, 0) is 6.42 Å². The van der Waals surface area contributed by atoms with Crippen molar-refractivity contribution in [3.63, 3.8) is 0 Å². The zero-order valence-electron chi connectivity index (χ0n) is 10.4. The molecule has 1 heterocycles. The van der Waals surface area contributed by atoms with E-state index >= 15 is 0 Å². The molecule has 0 amide bonds. The molecule has 92 valence electrons. The summed E-state index contributed by atoms with van der Waals surface area (Å²) in [5.41, 5.74) is 8.14. The molecule has 0 fully saturated rings. The van der Waals surface area contributed by atoms with Crippen molar-refractivity contribution in [1.29, 1.82) is 0 Å². The highest BCUT2D eigenvalue weighted by atomic mass is 35.5. The second-order valence-electron chi connectivity index (χ2n) is 4.66. The van der Waals surface area contributed by atoms with Crippen molar-refractivity contribution in [3.8, 4) is 0 Å². The molecule has 1 aromatic carbocycles. The smallest absolute Gasteiger partial charge is 0.0500 e. The van der Waals surface area contributed by atoms with E-state index in [1.807, 2.05) is 12.1 Å². The zero-order chi connectivity index (χ0) is 12.4. The maximum atomic E-state index is 6.24. The van der Waals surface area contributed by atoms with E-state index in [4.69, 9.17) is 17.3 Å². The fourth-order valence-electron chi connectivity index (χ4n) is 2.36. The maximum Gasteiger partial charge on any atom is 0.0500 e. The van der Waals surface area contributed by atoms with Gasteiger partial charge in [-0.2, -0.15) is 0 Å². The van der Waals surface area contributed by atoms with Crippen LogP contribution in [0.1, 0.15) is 32.0 Å². The summed E-state index contributed by atoms with van der Waals surface area (Å²) >= 11 is 6.24. The van der Waals surface area contributed by atoms with Crippen LogP contribution in [-0.4, -0.2) is 11.1 Å². The molecule has 2 aromatic rings. The van der Waals surface area contributed by atoms with Crippen molar-refractivity contribution in [1.82, 2.24) is 4.57 Å². The zero-order valence-corrected chi connectivity index (χ0v) is 11.2. The van der Waals surface area contributed by atoms with E-state index in [0.29, 0.717) is 6.04 Å². The first kappa shape index (κ1) is 12.5. The van der Waals surface area contributed by atoms with Crippen LogP contribution in [0, 0.1) is 0 Å². The Kier molecular flexibility index (Phi) is 3.75. The first-order valence-electron chi connectivity index (χ1n) is 6.13. The Morgan fingerprint density at radius 1 is 1.35 bits per heavy atom. The van der Waals surface area contributed by atoms with E-state index in [9.17, 15) is 0 Å². The quantitative estimate of drug-likeness (QED) is 0.880. The number of halogens is 1. The Bertz CT molecular complexity index is 514. The number of aryl methyl sites for hydroxylation is 1. The summed E-state index contributed by atoms with van der Waals surface area (Å²) in [6.07, 6.45) is 2.03. The fourth-order valence-corrected chi connectivity index (χ4v) is 2.58. The lowest BCUT2D eigenvalue weighted by molar-refractivity contribution is 0.587. The minimum Gasteiger partial charge on any atom is -0.342 e. The normalized spacial score (nSPS) is 11.6. The molecule has 0 aliphatic carbocycles. The molecule has 17 heavy (non-hydrogen) atoms. The van der Waals surface area contributed by atoms with Crippen molar-refractivity contribution < 1.29 is 0 Å². The molecule has 2 rings (SSSR count). The summed E-state index contributed by atoms with van der Waals surface area (Å²) in [5, 5.41) is 1.98. The summed E-state index contributed by atoms with van der Waals surface area (Å²) in [4.78, 5) is 0. The molecule has 0 saturated heterocycles. The third-order valence-corrected chi connectivity index (χ3v) is 3.39. The molecule has 0 atom stereocenters. The lowest BCUT2D eigenvalue weighted by Crippen LogP contribution is -2.07. The van der Waals surface area contributed by atoms with Crippen molar-refractivity contribution >= 4 is 22.5 Å². The molecular weight excluding hydrogens is 232 g/mol. The van der Waals surface area contributed by atoms with Gasteiger partial charge in [0.15, 0.2) is 0 Å². The maximum absolute atomic E-state index is 6.24. The second kappa shape index (κ2) is 5.11. The summed E-state index contributed by atoms with van der Waals surface area (Å²) < 4.78 is 2.36. The molecule has 2 nitrogen and oxygen atoms in total. The second-order valence-corrected chi connectivity index (χ2v) is 5.07. The van der Waals surface area contributed by atoms with Gasteiger partial charge >= 0.3 is 0 Å². The van der Waals surface area contributed by atoms with Crippen molar-refractivity contribution in [2.75, 3.05) is 6.54 Å². The van der Waals surface area contributed by atoms with Crippen LogP contribution in [0.2, 0.25) is 5.02 Å². The fraction of sp³-hybridized carbons (Fsp3) is 0.429. The Hall–Kier alpha value is -0.990. The molecule has 0 bridgehead atoms. The van der Waals surface area contributed by atoms with Gasteiger partial charge in [-0.1, -0.05) is 17.7 Å². The molecule has 0 spiro atoms. The van der Waals surface area contributed by atoms with Crippen LogP contribution in [0.15, 0.2) is 24.3 Å². The molecular formula is C14H19ClN2. The van der Waals surface area contributed by atoms with Gasteiger partial charge in [0, 0.05) is 27.7 Å². The van der Waals surface area contributed by atoms with Gasteiger partial charge in [0.05, 0.1) is 0 Å². The van der Waals surface area contributed by atoms with E-state index in [1.54, 1.807) is 0 Å². The lowest BCUT2D eigenvalue weighted by atomic mass is 10.2. The number of hydrogen-bond acceptors (Lipinski definition) is 1. The predicted octanol–water partition coefficient (Wildman–Crippen LogP) is 3.77. The summed E-state index contributed by atoms with van der Waals surface area (Å²) in [7, 11) is 0. The van der Waals surface area contributed by atoms with Crippen LogP contribution < -0.4 is 5.73 Å². The average molecular weight is 251 g/mol. The van der Waals surface area contributed by atoms with Gasteiger partial charge in [0.2, 0.25) is 0 Å². The largest absolute Gasteiger partial charge is 0.342 e. The minimum absolute atomic E-state index is 0.443. The third-order valence-electron chi connectivity index (χ3n) is 3.06. The van der Waals surface area contributed by atoms with Crippen LogP contribution >= 0.6 is 11.6 Å². The van der Waals surface area contributed by atoms with E-state index in [0.717, 1.165) is 29.8 Å². The van der Waals surface area contributed by atoms with Crippen LogP contribution in [0.5, 0.6) is 0 Å². The minimum atomic E-state index is 0.443. The van der Waals surface area contributed by atoms with Gasteiger partial charge in [-0.3, -0.25) is 0 Å². The van der Waals surface area contributed by atoms with Crippen LogP contribution in [0.4, 0.5) is 0 Å². The van der Waals surface area contributed by atoms with E-state index < -0.39 is 0 Å².